The Bertz CT molecular complexity index is 330. The van der Waals surface area contributed by atoms with E-state index in [1.807, 2.05) is 60.7 Å². The molecule has 0 N–H and O–H groups in total. The van der Waals surface area contributed by atoms with E-state index in [9.17, 15) is 9.90 Å². The molecule has 2 aromatic carbocycles. The SMILES string of the molecule is C=C(C)C(=O)[O-].[Sb].[c]1ccccc1.[c]1ccccc1. The van der Waals surface area contributed by atoms with Crippen molar-refractivity contribution in [3.8, 4) is 0 Å². The summed E-state index contributed by atoms with van der Waals surface area (Å²) >= 11 is 0. The third-order valence-corrected chi connectivity index (χ3v) is 1.56. The summed E-state index contributed by atoms with van der Waals surface area (Å²) in [5.74, 6) is -1.19. The van der Waals surface area contributed by atoms with Gasteiger partial charge in [-0.05, 0) is 24.6 Å². The summed E-state index contributed by atoms with van der Waals surface area (Å²) in [6, 6.07) is 25.0. The summed E-state index contributed by atoms with van der Waals surface area (Å²) < 4.78 is 0. The Labute approximate surface area is 132 Å². The Morgan fingerprint density at radius 3 is 1.21 bits per heavy atom. The van der Waals surface area contributed by atoms with Crippen molar-refractivity contribution in [2.45, 2.75) is 6.92 Å². The van der Waals surface area contributed by atoms with Crippen molar-refractivity contribution >= 4 is 30.4 Å². The first kappa shape index (κ1) is 19.8. The standard InChI is InChI=1S/2C6H5.C4H6O2.Sb/c2*1-2-4-6-5-3-1;1-3(2)4(5)6;/h2*1-5H;1H2,2H3,(H,5,6);/p-1. The summed E-state index contributed by atoms with van der Waals surface area (Å²) in [4.78, 5) is 9.49. The average Bonchev–Trinajstić information content (AvgIpc) is 2.44. The van der Waals surface area contributed by atoms with E-state index in [0.29, 0.717) is 0 Å². The Balaban J connectivity index is 0. The van der Waals surface area contributed by atoms with E-state index in [4.69, 9.17) is 0 Å². The fourth-order valence-electron chi connectivity index (χ4n) is 0.684. The second-order valence-corrected chi connectivity index (χ2v) is 3.22. The molecule has 2 aromatic rings. The third-order valence-electron chi connectivity index (χ3n) is 1.56. The molecule has 5 radical (unpaired) electrons. The molecule has 0 fully saturated rings. The molecule has 2 nitrogen and oxygen atoms in total. The number of hydrogen-bond donors (Lipinski definition) is 0. The van der Waals surface area contributed by atoms with Crippen molar-refractivity contribution in [2.75, 3.05) is 0 Å². The van der Waals surface area contributed by atoms with E-state index in [1.54, 1.807) is 0 Å². The number of carboxylic acid groups (broad SMARTS) is 1. The van der Waals surface area contributed by atoms with Crippen LogP contribution in [0.15, 0.2) is 72.8 Å². The molecule has 0 saturated heterocycles. The fourth-order valence-corrected chi connectivity index (χ4v) is 0.684. The van der Waals surface area contributed by atoms with E-state index in [2.05, 4.69) is 18.7 Å². The van der Waals surface area contributed by atoms with Crippen LogP contribution in [0.25, 0.3) is 0 Å². The smallest absolute Gasteiger partial charge is 0.0666 e. The second-order valence-electron chi connectivity index (χ2n) is 3.22. The summed E-state index contributed by atoms with van der Waals surface area (Å²) in [6.45, 7) is 4.48. The van der Waals surface area contributed by atoms with E-state index >= 15 is 0 Å². The van der Waals surface area contributed by atoms with Gasteiger partial charge in [-0.25, -0.2) is 0 Å². The minimum atomic E-state index is -1.19. The van der Waals surface area contributed by atoms with Gasteiger partial charge < -0.3 is 9.90 Å². The van der Waals surface area contributed by atoms with E-state index in [0.717, 1.165) is 0 Å². The quantitative estimate of drug-likeness (QED) is 0.575. The maximum Gasteiger partial charge on any atom is 0.0666 e. The predicted octanol–water partition coefficient (Wildman–Crippen LogP) is 1.91. The first-order valence-corrected chi connectivity index (χ1v) is 5.33. The molecular weight excluding hydrogens is 346 g/mol. The number of rotatable bonds is 1. The van der Waals surface area contributed by atoms with Crippen LogP contribution in [0.4, 0.5) is 0 Å². The van der Waals surface area contributed by atoms with E-state index in [-0.39, 0.29) is 30.0 Å². The van der Waals surface area contributed by atoms with Gasteiger partial charge >= 0.3 is 0 Å². The molecule has 2 rings (SSSR count). The molecule has 0 saturated carbocycles. The van der Waals surface area contributed by atoms with Gasteiger partial charge in [0, 0.05) is 24.4 Å². The molecule has 0 atom stereocenters. The number of carboxylic acids is 1. The molecule has 0 spiro atoms. The van der Waals surface area contributed by atoms with Crippen molar-refractivity contribution in [2.24, 2.45) is 0 Å². The molecule has 0 aromatic heterocycles. The van der Waals surface area contributed by atoms with Crippen molar-refractivity contribution in [3.05, 3.63) is 84.9 Å². The molecular formula is C16H15O2Sb-. The van der Waals surface area contributed by atoms with Crippen LogP contribution in [-0.4, -0.2) is 30.4 Å². The zero-order valence-electron chi connectivity index (χ0n) is 10.7. The van der Waals surface area contributed by atoms with Crippen molar-refractivity contribution < 1.29 is 9.90 Å². The van der Waals surface area contributed by atoms with Crippen LogP contribution < -0.4 is 5.11 Å². The van der Waals surface area contributed by atoms with Crippen LogP contribution in [-0.2, 0) is 4.79 Å². The average molecular weight is 361 g/mol. The molecule has 0 unspecified atom stereocenters. The van der Waals surface area contributed by atoms with Gasteiger partial charge in [0.15, 0.2) is 0 Å². The molecule has 0 aliphatic rings. The number of carbonyl (C=O) groups is 1. The first-order valence-electron chi connectivity index (χ1n) is 5.33. The van der Waals surface area contributed by atoms with E-state index < -0.39 is 5.97 Å². The summed E-state index contributed by atoms with van der Waals surface area (Å²) in [5, 5.41) is 9.49. The number of carbonyl (C=O) groups excluding carboxylic acids is 1. The molecule has 19 heavy (non-hydrogen) atoms. The number of hydrogen-bond acceptors (Lipinski definition) is 2. The molecule has 3 heteroatoms. The van der Waals surface area contributed by atoms with Crippen LogP contribution in [0.5, 0.6) is 0 Å². The Morgan fingerprint density at radius 2 is 1.16 bits per heavy atom. The number of aliphatic carboxylic acids is 1. The van der Waals surface area contributed by atoms with Crippen LogP contribution in [0.1, 0.15) is 6.92 Å². The minimum Gasteiger partial charge on any atom is -0.545 e. The summed E-state index contributed by atoms with van der Waals surface area (Å²) in [7, 11) is 0. The van der Waals surface area contributed by atoms with Crippen molar-refractivity contribution in [3.63, 3.8) is 0 Å². The summed E-state index contributed by atoms with van der Waals surface area (Å²) in [6.07, 6.45) is 0. The van der Waals surface area contributed by atoms with Gasteiger partial charge in [0.25, 0.3) is 0 Å². The molecule has 0 bridgehead atoms. The molecule has 0 aliphatic heterocycles. The largest absolute Gasteiger partial charge is 0.545 e. The normalized spacial score (nSPS) is 7.42. The zero-order chi connectivity index (χ0) is 13.6. The molecule has 0 amide bonds. The number of benzene rings is 2. The van der Waals surface area contributed by atoms with Gasteiger partial charge in [-0.2, -0.15) is 0 Å². The molecule has 0 aliphatic carbocycles. The predicted molar refractivity (Wildman–Crippen MR) is 76.1 cm³/mol. The maximum atomic E-state index is 9.49. The monoisotopic (exact) mass is 360 g/mol. The summed E-state index contributed by atoms with van der Waals surface area (Å²) in [5.41, 5.74) is 0.0648. The van der Waals surface area contributed by atoms with Crippen LogP contribution in [0.2, 0.25) is 0 Å². The van der Waals surface area contributed by atoms with Crippen molar-refractivity contribution in [1.29, 1.82) is 0 Å². The molecule has 97 valence electrons. The Kier molecular flexibility index (Phi) is 15.1. The van der Waals surface area contributed by atoms with Crippen LogP contribution in [0.3, 0.4) is 0 Å². The van der Waals surface area contributed by atoms with E-state index in [1.165, 1.54) is 6.92 Å². The topological polar surface area (TPSA) is 40.1 Å². The fraction of sp³-hybridized carbons (Fsp3) is 0.0625. The van der Waals surface area contributed by atoms with Crippen LogP contribution >= 0.6 is 0 Å². The van der Waals surface area contributed by atoms with Gasteiger partial charge in [0.1, 0.15) is 0 Å². The minimum absolute atomic E-state index is 0. The Morgan fingerprint density at radius 1 is 0.895 bits per heavy atom. The third kappa shape index (κ3) is 16.5. The zero-order valence-corrected chi connectivity index (χ0v) is 13.3. The van der Waals surface area contributed by atoms with Gasteiger partial charge in [-0.3, -0.25) is 0 Å². The second kappa shape index (κ2) is 14.5. The van der Waals surface area contributed by atoms with Gasteiger partial charge in [0.2, 0.25) is 0 Å². The Hall–Kier alpha value is -1.53. The van der Waals surface area contributed by atoms with Gasteiger partial charge in [-0.1, -0.05) is 67.2 Å². The maximum absolute atomic E-state index is 9.49. The van der Waals surface area contributed by atoms with Crippen molar-refractivity contribution in [1.82, 2.24) is 0 Å². The van der Waals surface area contributed by atoms with Gasteiger partial charge in [-0.15, -0.1) is 0 Å². The molecule has 0 heterocycles. The van der Waals surface area contributed by atoms with Crippen LogP contribution in [0, 0.1) is 12.1 Å². The van der Waals surface area contributed by atoms with Gasteiger partial charge in [0.05, 0.1) is 5.97 Å². The first-order chi connectivity index (χ1) is 8.64.